The number of halogens is 1. The van der Waals surface area contributed by atoms with Crippen LogP contribution in [0.5, 0.6) is 0 Å². The minimum atomic E-state index is -1.05. The van der Waals surface area contributed by atoms with Gasteiger partial charge in [0.1, 0.15) is 8.07 Å². The molecule has 0 aliphatic rings. The topological polar surface area (TPSA) is 0 Å². The van der Waals surface area contributed by atoms with Crippen molar-refractivity contribution in [2.75, 3.05) is 0 Å². The van der Waals surface area contributed by atoms with Crippen LogP contribution < -0.4 is 0 Å². The molecule has 0 aromatic heterocycles. The first-order valence-electron chi connectivity index (χ1n) is 2.75. The lowest BCUT2D eigenvalue weighted by Gasteiger charge is -2.08. The van der Waals surface area contributed by atoms with Crippen molar-refractivity contribution in [1.29, 1.82) is 0 Å². The van der Waals surface area contributed by atoms with Gasteiger partial charge in [0.05, 0.1) is 0 Å². The third-order valence-corrected chi connectivity index (χ3v) is 4.62. The van der Waals surface area contributed by atoms with E-state index in [1.807, 2.05) is 0 Å². The Kier molecular flexibility index (Phi) is 3.74. The predicted octanol–water partition coefficient (Wildman–Crippen LogP) is 2.65. The maximum atomic E-state index is 3.25. The number of rotatable bonds is 1. The summed E-state index contributed by atoms with van der Waals surface area (Å²) in [5, 5.41) is 0. The molecule has 0 aromatic carbocycles. The van der Waals surface area contributed by atoms with Crippen LogP contribution >= 0.6 is 22.6 Å². The van der Waals surface area contributed by atoms with E-state index in [4.69, 9.17) is 0 Å². The molecule has 0 spiro atoms. The molecular weight excluding hydrogens is 227 g/mol. The Morgan fingerprint density at radius 3 is 2.12 bits per heavy atom. The number of hydrogen-bond acceptors (Lipinski definition) is 0. The Bertz CT molecular complexity index is 118. The van der Waals surface area contributed by atoms with Crippen LogP contribution in [0.3, 0.4) is 0 Å². The molecule has 0 atom stereocenters. The molecule has 0 nitrogen and oxygen atoms in total. The van der Waals surface area contributed by atoms with Gasteiger partial charge in [0.15, 0.2) is 0 Å². The van der Waals surface area contributed by atoms with Gasteiger partial charge in [0.25, 0.3) is 0 Å². The normalized spacial score (nSPS) is 10.0. The second-order valence-electron chi connectivity index (χ2n) is 2.46. The van der Waals surface area contributed by atoms with Gasteiger partial charge in [-0.1, -0.05) is 20.0 Å². The van der Waals surface area contributed by atoms with Crippen LogP contribution in [0.25, 0.3) is 0 Å². The molecule has 0 fully saturated rings. The zero-order chi connectivity index (χ0) is 6.62. The second kappa shape index (κ2) is 3.52. The third kappa shape index (κ3) is 3.50. The predicted molar refractivity (Wildman–Crippen MR) is 49.8 cm³/mol. The highest BCUT2D eigenvalue weighted by molar-refractivity contribution is 14.1. The largest absolute Gasteiger partial charge is 0.133 e. The fraction of sp³-hybridized carbons (Fsp3) is 0.667. The van der Waals surface area contributed by atoms with Gasteiger partial charge in [-0.25, -0.2) is 0 Å². The van der Waals surface area contributed by atoms with Crippen molar-refractivity contribution < 1.29 is 0 Å². The summed E-state index contributed by atoms with van der Waals surface area (Å²) < 4.78 is 2.94. The minimum absolute atomic E-state index is 1.05. The van der Waals surface area contributed by atoms with E-state index in [0.29, 0.717) is 0 Å². The lowest BCUT2D eigenvalue weighted by Crippen LogP contribution is -2.20. The van der Waals surface area contributed by atoms with Crippen molar-refractivity contribution in [1.82, 2.24) is 0 Å². The summed E-state index contributed by atoms with van der Waals surface area (Å²) in [6.45, 7) is 6.80. The van der Waals surface area contributed by atoms with Crippen LogP contribution in [-0.4, -0.2) is 8.07 Å². The first kappa shape index (κ1) is 8.51. The SMILES string of the molecule is CC[Si](C)(C)C#CI. The lowest BCUT2D eigenvalue weighted by molar-refractivity contribution is 1.39. The number of hydrogen-bond donors (Lipinski definition) is 0. The molecule has 0 N–H and O–H groups in total. The van der Waals surface area contributed by atoms with Gasteiger partial charge in [-0.05, 0) is 9.97 Å². The Hall–Kier alpha value is 0.507. The molecule has 2 heteroatoms. The van der Waals surface area contributed by atoms with E-state index in [9.17, 15) is 0 Å². The van der Waals surface area contributed by atoms with Gasteiger partial charge in [-0.2, -0.15) is 0 Å². The summed E-state index contributed by atoms with van der Waals surface area (Å²) >= 11 is 2.11. The zero-order valence-electron chi connectivity index (χ0n) is 5.59. The van der Waals surface area contributed by atoms with Gasteiger partial charge in [0, 0.05) is 22.6 Å². The van der Waals surface area contributed by atoms with Crippen LogP contribution in [0.2, 0.25) is 19.1 Å². The monoisotopic (exact) mass is 238 g/mol. The molecule has 0 radical (unpaired) electrons. The molecule has 0 aliphatic heterocycles. The van der Waals surface area contributed by atoms with E-state index >= 15 is 0 Å². The van der Waals surface area contributed by atoms with Crippen LogP contribution in [0.4, 0.5) is 0 Å². The maximum Gasteiger partial charge on any atom is 0.133 e. The standard InChI is InChI=1S/C6H11ISi/c1-4-8(2,3)6-5-7/h4H2,1-3H3. The van der Waals surface area contributed by atoms with E-state index in [0.717, 1.165) is 0 Å². The minimum Gasteiger partial charge on any atom is -0.121 e. The Morgan fingerprint density at radius 2 is 2.00 bits per heavy atom. The van der Waals surface area contributed by atoms with Crippen molar-refractivity contribution in [2.45, 2.75) is 26.1 Å². The van der Waals surface area contributed by atoms with Crippen LogP contribution in [0.1, 0.15) is 6.92 Å². The van der Waals surface area contributed by atoms with Gasteiger partial charge in [-0.3, -0.25) is 0 Å². The summed E-state index contributed by atoms with van der Waals surface area (Å²) in [5.74, 6) is 0. The van der Waals surface area contributed by atoms with Crippen molar-refractivity contribution in [3.05, 3.63) is 0 Å². The Morgan fingerprint density at radius 1 is 1.50 bits per heavy atom. The van der Waals surface area contributed by atoms with E-state index < -0.39 is 8.07 Å². The summed E-state index contributed by atoms with van der Waals surface area (Å²) in [4.78, 5) is 0. The molecule has 0 saturated carbocycles. The lowest BCUT2D eigenvalue weighted by atomic mass is 11.0. The highest BCUT2D eigenvalue weighted by atomic mass is 127. The van der Waals surface area contributed by atoms with Gasteiger partial charge in [0.2, 0.25) is 0 Å². The quantitative estimate of drug-likeness (QED) is 0.374. The molecule has 0 unspecified atom stereocenters. The van der Waals surface area contributed by atoms with E-state index in [1.165, 1.54) is 6.04 Å². The average molecular weight is 238 g/mol. The van der Waals surface area contributed by atoms with E-state index in [1.54, 1.807) is 0 Å². The second-order valence-corrected chi connectivity index (χ2v) is 7.72. The van der Waals surface area contributed by atoms with Crippen molar-refractivity contribution >= 4 is 30.7 Å². The molecule has 46 valence electrons. The van der Waals surface area contributed by atoms with Gasteiger partial charge in [-0.15, -0.1) is 5.54 Å². The summed E-state index contributed by atoms with van der Waals surface area (Å²) in [7, 11) is -1.05. The first-order valence-corrected chi connectivity index (χ1v) is 7.04. The fourth-order valence-corrected chi connectivity index (χ4v) is 2.84. The zero-order valence-corrected chi connectivity index (χ0v) is 8.74. The van der Waals surface area contributed by atoms with E-state index in [-0.39, 0.29) is 0 Å². The van der Waals surface area contributed by atoms with Crippen LogP contribution in [-0.2, 0) is 0 Å². The summed E-state index contributed by atoms with van der Waals surface area (Å²) in [6.07, 6.45) is 0. The Labute approximate surface area is 66.2 Å². The van der Waals surface area contributed by atoms with Gasteiger partial charge < -0.3 is 0 Å². The smallest absolute Gasteiger partial charge is 0.121 e. The van der Waals surface area contributed by atoms with Crippen LogP contribution in [0.15, 0.2) is 0 Å². The maximum absolute atomic E-state index is 3.25. The summed E-state index contributed by atoms with van der Waals surface area (Å²) in [6, 6.07) is 1.27. The van der Waals surface area contributed by atoms with Crippen molar-refractivity contribution in [2.24, 2.45) is 0 Å². The molecule has 0 rings (SSSR count). The first-order chi connectivity index (χ1) is 3.62. The van der Waals surface area contributed by atoms with Crippen molar-refractivity contribution in [3.8, 4) is 9.47 Å². The third-order valence-electron chi connectivity index (χ3n) is 1.27. The van der Waals surface area contributed by atoms with Crippen LogP contribution in [0, 0.1) is 9.47 Å². The van der Waals surface area contributed by atoms with Gasteiger partial charge >= 0.3 is 0 Å². The molecule has 0 saturated heterocycles. The summed E-state index contributed by atoms with van der Waals surface area (Å²) in [5.41, 5.74) is 3.25. The molecule has 0 amide bonds. The molecule has 0 bridgehead atoms. The highest BCUT2D eigenvalue weighted by Crippen LogP contribution is 2.05. The molecule has 0 heterocycles. The molecule has 8 heavy (non-hydrogen) atoms. The molecule has 0 aromatic rings. The highest BCUT2D eigenvalue weighted by Gasteiger charge is 2.12. The molecular formula is C6H11ISi. The Balaban J connectivity index is 3.85. The average Bonchev–Trinajstić information content (AvgIpc) is 1.67. The van der Waals surface area contributed by atoms with Crippen molar-refractivity contribution in [3.63, 3.8) is 0 Å². The molecule has 0 aliphatic carbocycles. The fourth-order valence-electron chi connectivity index (χ4n) is 0.216. The van der Waals surface area contributed by atoms with E-state index in [2.05, 4.69) is 52.1 Å².